The quantitative estimate of drug-likeness (QED) is 0.782. The molecule has 0 bridgehead atoms. The van der Waals surface area contributed by atoms with Crippen LogP contribution in [0.15, 0.2) is 46.9 Å². The minimum absolute atomic E-state index is 0.160. The van der Waals surface area contributed by atoms with Gasteiger partial charge in [0.1, 0.15) is 0 Å². The monoisotopic (exact) mass is 344 g/mol. The van der Waals surface area contributed by atoms with Crippen molar-refractivity contribution in [3.63, 3.8) is 0 Å². The van der Waals surface area contributed by atoms with Gasteiger partial charge in [0, 0.05) is 15.2 Å². The maximum absolute atomic E-state index is 10.8. The third-order valence-electron chi connectivity index (χ3n) is 2.43. The number of hydrogen-bond donors (Lipinski definition) is 0. The van der Waals surface area contributed by atoms with E-state index in [1.165, 1.54) is 0 Å². The van der Waals surface area contributed by atoms with E-state index in [2.05, 4.69) is 15.9 Å². The maximum Gasteiger partial charge on any atom is 0.236 e. The number of benzene rings is 2. The van der Waals surface area contributed by atoms with E-state index < -0.39 is 9.05 Å². The highest BCUT2D eigenvalue weighted by Gasteiger charge is 2.00. The predicted molar refractivity (Wildman–Crippen MR) is 80.3 cm³/mol. The van der Waals surface area contributed by atoms with E-state index in [4.69, 9.17) is 10.7 Å². The van der Waals surface area contributed by atoms with E-state index in [-0.39, 0.29) is 5.75 Å². The third-order valence-corrected chi connectivity index (χ3v) is 3.89. The molecule has 0 amide bonds. The van der Waals surface area contributed by atoms with E-state index in [1.54, 1.807) is 12.2 Å². The van der Waals surface area contributed by atoms with Crippen LogP contribution in [0.5, 0.6) is 0 Å². The van der Waals surface area contributed by atoms with Crippen LogP contribution in [0.4, 0.5) is 0 Å². The molecule has 0 aromatic heterocycles. The fraction of sp³-hybridized carbons (Fsp3) is 0.0769. The van der Waals surface area contributed by atoms with Crippen molar-refractivity contribution in [2.75, 3.05) is 5.75 Å². The first-order valence-corrected chi connectivity index (χ1v) is 8.49. The minimum Gasteiger partial charge on any atom is -0.212 e. The molecule has 0 saturated carbocycles. The van der Waals surface area contributed by atoms with Crippen LogP contribution in [0.1, 0.15) is 5.56 Å². The van der Waals surface area contributed by atoms with Gasteiger partial charge in [0.2, 0.25) is 9.05 Å². The third kappa shape index (κ3) is 3.83. The van der Waals surface area contributed by atoms with Crippen molar-refractivity contribution in [3.05, 3.63) is 52.5 Å². The van der Waals surface area contributed by atoms with E-state index in [1.807, 2.05) is 36.4 Å². The molecule has 0 heterocycles. The molecule has 0 aliphatic carbocycles. The average molecular weight is 346 g/mol. The SMILES string of the molecule is O=S(=O)(Cl)CC=Cc1ccc2cc(Br)ccc2c1. The Kier molecular flexibility index (Phi) is 4.10. The van der Waals surface area contributed by atoms with Crippen molar-refractivity contribution < 1.29 is 8.42 Å². The lowest BCUT2D eigenvalue weighted by Gasteiger charge is -2.00. The predicted octanol–water partition coefficient (Wildman–Crippen LogP) is 4.18. The van der Waals surface area contributed by atoms with E-state index in [9.17, 15) is 8.42 Å². The summed E-state index contributed by atoms with van der Waals surface area (Å²) in [5, 5.41) is 2.24. The van der Waals surface area contributed by atoms with Crippen LogP contribution >= 0.6 is 26.6 Å². The first kappa shape index (κ1) is 13.6. The molecule has 0 radical (unpaired) electrons. The molecule has 2 aromatic carbocycles. The summed E-state index contributed by atoms with van der Waals surface area (Å²) in [6.45, 7) is 0. The van der Waals surface area contributed by atoms with Crippen LogP contribution in [0.2, 0.25) is 0 Å². The van der Waals surface area contributed by atoms with Gasteiger partial charge < -0.3 is 0 Å². The van der Waals surface area contributed by atoms with E-state index >= 15 is 0 Å². The van der Waals surface area contributed by atoms with Crippen molar-refractivity contribution in [3.8, 4) is 0 Å². The van der Waals surface area contributed by atoms with Gasteiger partial charge in [0.25, 0.3) is 0 Å². The molecule has 2 nitrogen and oxygen atoms in total. The summed E-state index contributed by atoms with van der Waals surface area (Å²) in [6.07, 6.45) is 3.30. The van der Waals surface area contributed by atoms with E-state index in [0.717, 1.165) is 20.8 Å². The standard InChI is InChI=1S/C13H10BrClO2S/c14-13-6-5-11-8-10(3-4-12(11)9-13)2-1-7-18(15,16)17/h1-6,8-9H,7H2. The van der Waals surface area contributed by atoms with Crippen LogP contribution in [0.3, 0.4) is 0 Å². The van der Waals surface area contributed by atoms with Gasteiger partial charge in [0.15, 0.2) is 0 Å². The lowest BCUT2D eigenvalue weighted by Crippen LogP contribution is -1.91. The topological polar surface area (TPSA) is 34.1 Å². The second kappa shape index (κ2) is 5.43. The molecule has 94 valence electrons. The van der Waals surface area contributed by atoms with Gasteiger partial charge in [-0.25, -0.2) is 8.42 Å². The maximum atomic E-state index is 10.8. The molecule has 0 aliphatic heterocycles. The zero-order valence-electron chi connectivity index (χ0n) is 9.31. The first-order chi connectivity index (χ1) is 8.44. The molecule has 0 unspecified atom stereocenters. The Morgan fingerprint density at radius 1 is 1.11 bits per heavy atom. The molecule has 0 N–H and O–H groups in total. The van der Waals surface area contributed by atoms with Crippen molar-refractivity contribution in [1.29, 1.82) is 0 Å². The number of hydrogen-bond acceptors (Lipinski definition) is 2. The van der Waals surface area contributed by atoms with Gasteiger partial charge in [-0.3, -0.25) is 0 Å². The van der Waals surface area contributed by atoms with Crippen molar-refractivity contribution >= 4 is 52.5 Å². The van der Waals surface area contributed by atoms with Gasteiger partial charge in [0.05, 0.1) is 5.75 Å². The molecule has 5 heteroatoms. The second-order valence-electron chi connectivity index (χ2n) is 3.86. The molecule has 0 fully saturated rings. The summed E-state index contributed by atoms with van der Waals surface area (Å²) < 4.78 is 22.6. The average Bonchev–Trinajstić information content (AvgIpc) is 2.27. The lowest BCUT2D eigenvalue weighted by molar-refractivity contribution is 0.612. The summed E-state index contributed by atoms with van der Waals surface area (Å²) in [7, 11) is 1.66. The Hall–Kier alpha value is -0.840. The summed E-state index contributed by atoms with van der Waals surface area (Å²) in [6, 6.07) is 11.9. The van der Waals surface area contributed by atoms with Gasteiger partial charge in [-0.1, -0.05) is 46.3 Å². The van der Waals surface area contributed by atoms with Gasteiger partial charge >= 0.3 is 0 Å². The van der Waals surface area contributed by atoms with Crippen molar-refractivity contribution in [2.45, 2.75) is 0 Å². The van der Waals surface area contributed by atoms with Gasteiger partial charge in [-0.2, -0.15) is 0 Å². The summed E-state index contributed by atoms with van der Waals surface area (Å²) in [4.78, 5) is 0. The Balaban J connectivity index is 2.28. The molecule has 0 atom stereocenters. The van der Waals surface area contributed by atoms with Crippen LogP contribution in [0.25, 0.3) is 16.8 Å². The van der Waals surface area contributed by atoms with Gasteiger partial charge in [-0.05, 0) is 34.5 Å². The van der Waals surface area contributed by atoms with Crippen molar-refractivity contribution in [2.24, 2.45) is 0 Å². The Morgan fingerprint density at radius 3 is 2.50 bits per heavy atom. The van der Waals surface area contributed by atoms with E-state index in [0.29, 0.717) is 0 Å². The van der Waals surface area contributed by atoms with Crippen LogP contribution in [0, 0.1) is 0 Å². The fourth-order valence-corrected chi connectivity index (χ4v) is 2.56. The molecule has 18 heavy (non-hydrogen) atoms. The summed E-state index contributed by atoms with van der Waals surface area (Å²) >= 11 is 3.42. The Morgan fingerprint density at radius 2 is 1.78 bits per heavy atom. The molecule has 0 aliphatic rings. The second-order valence-corrected chi connectivity index (χ2v) is 7.60. The highest BCUT2D eigenvalue weighted by molar-refractivity contribution is 9.10. The number of rotatable bonds is 3. The molecular formula is C13H10BrClO2S. The highest BCUT2D eigenvalue weighted by Crippen LogP contribution is 2.21. The van der Waals surface area contributed by atoms with Crippen molar-refractivity contribution in [1.82, 2.24) is 0 Å². The summed E-state index contributed by atoms with van der Waals surface area (Å²) in [5.74, 6) is -0.160. The zero-order valence-corrected chi connectivity index (χ0v) is 12.5. The first-order valence-electron chi connectivity index (χ1n) is 5.22. The van der Waals surface area contributed by atoms with Gasteiger partial charge in [-0.15, -0.1) is 0 Å². The molecular weight excluding hydrogens is 336 g/mol. The Bertz CT molecular complexity index is 708. The fourth-order valence-electron chi connectivity index (χ4n) is 1.64. The highest BCUT2D eigenvalue weighted by atomic mass is 79.9. The van der Waals surface area contributed by atoms with Crippen LogP contribution in [-0.4, -0.2) is 14.2 Å². The minimum atomic E-state index is -3.46. The zero-order chi connectivity index (χ0) is 13.2. The van der Waals surface area contributed by atoms with Crippen LogP contribution in [-0.2, 0) is 9.05 Å². The molecule has 2 rings (SSSR count). The normalized spacial score (nSPS) is 12.3. The number of halogens is 2. The smallest absolute Gasteiger partial charge is 0.212 e. The van der Waals surface area contributed by atoms with Crippen LogP contribution < -0.4 is 0 Å². The Labute approximate surface area is 119 Å². The molecule has 0 spiro atoms. The summed E-state index contributed by atoms with van der Waals surface area (Å²) in [5.41, 5.74) is 0.949. The largest absolute Gasteiger partial charge is 0.236 e. The number of fused-ring (bicyclic) bond motifs is 1. The lowest BCUT2D eigenvalue weighted by atomic mass is 10.1. The molecule has 0 saturated heterocycles. The molecule has 2 aromatic rings.